The van der Waals surface area contributed by atoms with Crippen LogP contribution in [0.5, 0.6) is 0 Å². The summed E-state index contributed by atoms with van der Waals surface area (Å²) in [4.78, 5) is 46.0. The monoisotopic (exact) mass is 508 g/mol. The molecule has 2 aliphatic rings. The third-order valence-corrected chi connectivity index (χ3v) is 7.45. The Morgan fingerprint density at radius 2 is 1.86 bits per heavy atom. The van der Waals surface area contributed by atoms with Crippen molar-refractivity contribution in [3.63, 3.8) is 0 Å². The summed E-state index contributed by atoms with van der Waals surface area (Å²) in [6.45, 7) is 12.7. The number of nitrogens with one attached hydrogen (secondary N) is 2. The summed E-state index contributed by atoms with van der Waals surface area (Å²) >= 11 is 0. The second-order valence-electron chi connectivity index (χ2n) is 10.3. The molecule has 1 aliphatic heterocycles. The number of amides is 2. The molecule has 2 fully saturated rings. The van der Waals surface area contributed by atoms with Gasteiger partial charge in [0, 0.05) is 54.6 Å². The summed E-state index contributed by atoms with van der Waals surface area (Å²) in [6, 6.07) is 5.95. The molecule has 2 amide bonds. The number of carbonyl (C=O) groups is 2. The number of morpholine rings is 1. The number of aromatic nitrogens is 1. The van der Waals surface area contributed by atoms with Gasteiger partial charge in [-0.25, -0.2) is 0 Å². The van der Waals surface area contributed by atoms with E-state index in [1.54, 1.807) is 0 Å². The fourth-order valence-electron chi connectivity index (χ4n) is 5.11. The van der Waals surface area contributed by atoms with Crippen molar-refractivity contribution in [2.45, 2.75) is 59.9 Å². The number of rotatable bonds is 10. The molecule has 0 radical (unpaired) electrons. The van der Waals surface area contributed by atoms with Gasteiger partial charge in [0.05, 0.1) is 13.2 Å². The van der Waals surface area contributed by atoms with E-state index in [4.69, 9.17) is 4.74 Å². The summed E-state index contributed by atoms with van der Waals surface area (Å²) in [7, 11) is 0. The molecular weight excluding hydrogens is 468 g/mol. The smallest absolute Gasteiger partial charge is 0.253 e. The van der Waals surface area contributed by atoms with Crippen LogP contribution in [0.25, 0.3) is 0 Å². The SMILES string of the molecule is CCN(C(=O)C1CC1)c1cc(CCCN2CCOCC2)cc(C(=O)NCc2c(C)cc(C)[nH]c2=O)c1C. The maximum Gasteiger partial charge on any atom is 0.253 e. The van der Waals surface area contributed by atoms with Gasteiger partial charge in [-0.05, 0) is 94.8 Å². The average molecular weight is 509 g/mol. The van der Waals surface area contributed by atoms with Gasteiger partial charge < -0.3 is 19.9 Å². The Labute approximate surface area is 219 Å². The Kier molecular flexibility index (Phi) is 8.82. The van der Waals surface area contributed by atoms with Crippen LogP contribution in [0.3, 0.4) is 0 Å². The molecule has 8 nitrogen and oxygen atoms in total. The summed E-state index contributed by atoms with van der Waals surface area (Å²) in [5.41, 5.74) is 5.23. The van der Waals surface area contributed by atoms with Gasteiger partial charge in [0.1, 0.15) is 0 Å². The number of pyridine rings is 1. The summed E-state index contributed by atoms with van der Waals surface area (Å²) in [6.07, 6.45) is 3.65. The summed E-state index contributed by atoms with van der Waals surface area (Å²) in [5.74, 6) is 0.00478. The lowest BCUT2D eigenvalue weighted by molar-refractivity contribution is -0.119. The zero-order chi connectivity index (χ0) is 26.5. The molecule has 2 aromatic rings. The first-order valence-corrected chi connectivity index (χ1v) is 13.5. The van der Waals surface area contributed by atoms with Gasteiger partial charge in [-0.1, -0.05) is 0 Å². The van der Waals surface area contributed by atoms with Crippen LogP contribution in [-0.4, -0.2) is 61.1 Å². The minimum atomic E-state index is -0.233. The lowest BCUT2D eigenvalue weighted by Gasteiger charge is -2.27. The number of aromatic amines is 1. The maximum atomic E-state index is 13.4. The molecular formula is C29H40N4O4. The summed E-state index contributed by atoms with van der Waals surface area (Å²) < 4.78 is 5.45. The van der Waals surface area contributed by atoms with Crippen LogP contribution in [-0.2, 0) is 22.5 Å². The minimum absolute atomic E-state index is 0.0952. The molecule has 2 N–H and O–H groups in total. The topological polar surface area (TPSA) is 94.7 Å². The fourth-order valence-corrected chi connectivity index (χ4v) is 5.11. The number of nitrogens with zero attached hydrogens (tertiary/aromatic N) is 2. The van der Waals surface area contributed by atoms with E-state index in [1.165, 1.54) is 0 Å². The van der Waals surface area contributed by atoms with E-state index in [9.17, 15) is 14.4 Å². The van der Waals surface area contributed by atoms with Crippen LogP contribution in [0.15, 0.2) is 23.0 Å². The minimum Gasteiger partial charge on any atom is -0.379 e. The first-order chi connectivity index (χ1) is 17.8. The van der Waals surface area contributed by atoms with Gasteiger partial charge in [-0.2, -0.15) is 0 Å². The number of aryl methyl sites for hydroxylation is 3. The van der Waals surface area contributed by atoms with Gasteiger partial charge >= 0.3 is 0 Å². The second-order valence-corrected chi connectivity index (χ2v) is 10.3. The summed E-state index contributed by atoms with van der Waals surface area (Å²) in [5, 5.41) is 2.96. The molecule has 0 unspecified atom stereocenters. The maximum absolute atomic E-state index is 13.4. The lowest BCUT2D eigenvalue weighted by Crippen LogP contribution is -2.37. The zero-order valence-electron chi connectivity index (χ0n) is 22.6. The van der Waals surface area contributed by atoms with Crippen LogP contribution in [0.4, 0.5) is 5.69 Å². The highest BCUT2D eigenvalue weighted by Gasteiger charge is 2.34. The predicted molar refractivity (Wildman–Crippen MR) is 145 cm³/mol. The number of H-pyrrole nitrogens is 1. The number of carbonyl (C=O) groups excluding carboxylic acids is 2. The van der Waals surface area contributed by atoms with Crippen molar-refractivity contribution in [1.82, 2.24) is 15.2 Å². The molecule has 4 rings (SSSR count). The molecule has 8 heteroatoms. The van der Waals surface area contributed by atoms with Crippen molar-refractivity contribution in [3.8, 4) is 0 Å². The van der Waals surface area contributed by atoms with Crippen LogP contribution < -0.4 is 15.8 Å². The second kappa shape index (κ2) is 12.0. The van der Waals surface area contributed by atoms with Crippen molar-refractivity contribution in [1.29, 1.82) is 0 Å². The molecule has 37 heavy (non-hydrogen) atoms. The van der Waals surface area contributed by atoms with E-state index in [0.29, 0.717) is 17.7 Å². The van der Waals surface area contributed by atoms with E-state index in [2.05, 4.69) is 21.3 Å². The third-order valence-electron chi connectivity index (χ3n) is 7.45. The Morgan fingerprint density at radius 1 is 1.14 bits per heavy atom. The molecule has 1 saturated carbocycles. The first-order valence-electron chi connectivity index (χ1n) is 13.5. The predicted octanol–water partition coefficient (Wildman–Crippen LogP) is 3.26. The number of ether oxygens (including phenoxy) is 1. The van der Waals surface area contributed by atoms with Gasteiger partial charge in [0.2, 0.25) is 5.91 Å². The molecule has 1 aliphatic carbocycles. The van der Waals surface area contributed by atoms with Gasteiger partial charge in [0.25, 0.3) is 11.5 Å². The lowest BCUT2D eigenvalue weighted by atomic mass is 9.98. The largest absolute Gasteiger partial charge is 0.379 e. The van der Waals surface area contributed by atoms with Crippen molar-refractivity contribution >= 4 is 17.5 Å². The van der Waals surface area contributed by atoms with Crippen LogP contribution in [0.1, 0.15) is 64.5 Å². The highest BCUT2D eigenvalue weighted by atomic mass is 16.5. The number of hydrogen-bond acceptors (Lipinski definition) is 5. The van der Waals surface area contributed by atoms with Crippen molar-refractivity contribution in [2.75, 3.05) is 44.3 Å². The molecule has 0 atom stereocenters. The van der Waals surface area contributed by atoms with E-state index >= 15 is 0 Å². The van der Waals surface area contributed by atoms with E-state index < -0.39 is 0 Å². The Balaban J connectivity index is 1.57. The molecule has 200 valence electrons. The van der Waals surface area contributed by atoms with E-state index in [-0.39, 0.29) is 29.8 Å². The molecule has 0 spiro atoms. The molecule has 1 aromatic carbocycles. The third kappa shape index (κ3) is 6.67. The first kappa shape index (κ1) is 27.1. The molecule has 2 heterocycles. The Hall–Kier alpha value is -2.97. The van der Waals surface area contributed by atoms with Crippen LogP contribution in [0.2, 0.25) is 0 Å². The standard InChI is InChI=1S/C29H40N4O4/c1-5-33(29(36)23-8-9-23)26-17-22(7-6-10-32-11-13-37-14-12-32)16-24(21(26)4)27(34)30-18-25-19(2)15-20(3)31-28(25)35/h15-17,23H,5-14,18H2,1-4H3,(H,30,34)(H,31,35). The zero-order valence-corrected chi connectivity index (χ0v) is 22.6. The van der Waals surface area contributed by atoms with Gasteiger partial charge in [0.15, 0.2) is 0 Å². The normalized spacial score (nSPS) is 16.0. The van der Waals surface area contributed by atoms with Crippen molar-refractivity contribution in [2.24, 2.45) is 5.92 Å². The van der Waals surface area contributed by atoms with E-state index in [1.807, 2.05) is 44.7 Å². The highest BCUT2D eigenvalue weighted by Crippen LogP contribution is 2.35. The quantitative estimate of drug-likeness (QED) is 0.514. The highest BCUT2D eigenvalue weighted by molar-refractivity contribution is 6.01. The van der Waals surface area contributed by atoms with Crippen molar-refractivity contribution in [3.05, 3.63) is 62.1 Å². The fraction of sp³-hybridized carbons (Fsp3) is 0.552. The van der Waals surface area contributed by atoms with E-state index in [0.717, 1.165) is 86.6 Å². The number of hydrogen-bond donors (Lipinski definition) is 2. The molecule has 0 bridgehead atoms. The Bertz CT molecular complexity index is 1200. The van der Waals surface area contributed by atoms with Crippen LogP contribution in [0, 0.1) is 26.7 Å². The molecule has 1 saturated heterocycles. The molecule has 1 aromatic heterocycles. The number of benzene rings is 1. The average Bonchev–Trinajstić information content (AvgIpc) is 3.71. The Morgan fingerprint density at radius 3 is 2.51 bits per heavy atom. The van der Waals surface area contributed by atoms with Gasteiger partial charge in [-0.3, -0.25) is 19.3 Å². The number of anilines is 1. The van der Waals surface area contributed by atoms with Crippen LogP contribution >= 0.6 is 0 Å². The van der Waals surface area contributed by atoms with Gasteiger partial charge in [-0.15, -0.1) is 0 Å². The van der Waals surface area contributed by atoms with Crippen molar-refractivity contribution < 1.29 is 14.3 Å².